The number of likely N-dealkylation sites (tertiary alicyclic amines) is 1. The number of fused-ring (bicyclic) bond motifs is 2. The van der Waals surface area contributed by atoms with Gasteiger partial charge in [-0.3, -0.25) is 0 Å². The Morgan fingerprint density at radius 2 is 1.79 bits per heavy atom. The van der Waals surface area contributed by atoms with Crippen LogP contribution in [0.1, 0.15) is 92.9 Å². The molecule has 0 spiro atoms. The van der Waals surface area contributed by atoms with Crippen molar-refractivity contribution in [3.63, 3.8) is 0 Å². The molecule has 4 aromatic rings. The summed E-state index contributed by atoms with van der Waals surface area (Å²) in [4.78, 5) is 25.5. The Labute approximate surface area is 231 Å². The number of carbonyl (C=O) groups excluding carboxylic acids is 1. The molecule has 1 aliphatic heterocycles. The first-order valence-electron chi connectivity index (χ1n) is 14.8. The van der Waals surface area contributed by atoms with E-state index < -0.39 is 0 Å². The number of rotatable bonds is 4. The zero-order valence-corrected chi connectivity index (χ0v) is 24.1. The van der Waals surface area contributed by atoms with Crippen molar-refractivity contribution < 1.29 is 4.79 Å². The standard InChI is InChI=1S/C32H42N6O/c1-20(2)29-26-17-24(23-13-15-37(16-14-23)32(39)36(5)25-9-7-6-8-10-25)11-12-28(26)35-30(29)27-18-38-31(33-19-34-38)22(4)21(27)3/h11-12,17-20,23,25,35H,6-10,13-16H2,1-5H3. The summed E-state index contributed by atoms with van der Waals surface area (Å²) < 4.78 is 1.89. The van der Waals surface area contributed by atoms with Crippen LogP contribution in [0.15, 0.2) is 30.7 Å². The van der Waals surface area contributed by atoms with Crippen molar-refractivity contribution >= 4 is 22.6 Å². The molecule has 7 heteroatoms. The third-order valence-electron chi connectivity index (χ3n) is 9.50. The van der Waals surface area contributed by atoms with E-state index >= 15 is 0 Å². The lowest BCUT2D eigenvalue weighted by Gasteiger charge is -2.38. The summed E-state index contributed by atoms with van der Waals surface area (Å²) in [6.07, 6.45) is 11.9. The number of hydrogen-bond acceptors (Lipinski definition) is 3. The average molecular weight is 527 g/mol. The van der Waals surface area contributed by atoms with E-state index in [4.69, 9.17) is 0 Å². The summed E-state index contributed by atoms with van der Waals surface area (Å²) in [6, 6.07) is 7.60. The van der Waals surface area contributed by atoms with Gasteiger partial charge in [-0.05, 0) is 85.8 Å². The number of H-pyrrole nitrogens is 1. The summed E-state index contributed by atoms with van der Waals surface area (Å²) in [5.41, 5.74) is 9.60. The number of aromatic amines is 1. The Hall–Kier alpha value is -3.35. The molecule has 2 fully saturated rings. The van der Waals surface area contributed by atoms with Gasteiger partial charge >= 0.3 is 6.03 Å². The van der Waals surface area contributed by atoms with E-state index in [9.17, 15) is 4.79 Å². The van der Waals surface area contributed by atoms with E-state index in [1.54, 1.807) is 6.33 Å². The van der Waals surface area contributed by atoms with Gasteiger partial charge in [-0.1, -0.05) is 39.2 Å². The van der Waals surface area contributed by atoms with Crippen LogP contribution in [-0.4, -0.2) is 61.6 Å². The van der Waals surface area contributed by atoms with Gasteiger partial charge in [0.2, 0.25) is 0 Å². The Morgan fingerprint density at radius 3 is 2.51 bits per heavy atom. The van der Waals surface area contributed by atoms with Crippen molar-refractivity contribution in [1.29, 1.82) is 0 Å². The number of nitrogens with zero attached hydrogens (tertiary/aromatic N) is 5. The van der Waals surface area contributed by atoms with Crippen LogP contribution in [-0.2, 0) is 0 Å². The first-order chi connectivity index (χ1) is 18.8. The number of aromatic nitrogens is 4. The minimum absolute atomic E-state index is 0.225. The molecule has 3 aromatic heterocycles. The van der Waals surface area contributed by atoms with Crippen LogP contribution in [0.2, 0.25) is 0 Å². The normalized spacial score (nSPS) is 17.5. The second-order valence-corrected chi connectivity index (χ2v) is 12.1. The van der Waals surface area contributed by atoms with Crippen molar-refractivity contribution in [2.75, 3.05) is 20.1 Å². The summed E-state index contributed by atoms with van der Waals surface area (Å²) in [6.45, 7) is 10.5. The minimum Gasteiger partial charge on any atom is -0.354 e. The van der Waals surface area contributed by atoms with Gasteiger partial charge in [-0.25, -0.2) is 14.3 Å². The van der Waals surface area contributed by atoms with Crippen LogP contribution >= 0.6 is 0 Å². The molecule has 2 aliphatic rings. The smallest absolute Gasteiger partial charge is 0.319 e. The first-order valence-corrected chi connectivity index (χ1v) is 14.8. The highest BCUT2D eigenvalue weighted by atomic mass is 16.2. The molecule has 0 unspecified atom stereocenters. The maximum absolute atomic E-state index is 13.2. The van der Waals surface area contributed by atoms with E-state index in [0.717, 1.165) is 50.0 Å². The molecule has 1 N–H and O–H groups in total. The number of benzene rings is 1. The second-order valence-electron chi connectivity index (χ2n) is 12.1. The number of pyridine rings is 1. The number of carbonyl (C=O) groups is 1. The Balaban J connectivity index is 1.26. The molecule has 1 aliphatic carbocycles. The SMILES string of the molecule is Cc1c(-c2[nH]c3ccc(C4CCN(C(=O)N(C)C5CCCCC5)CC4)cc3c2C(C)C)cn2ncnc2c1C. The molecule has 1 aromatic carbocycles. The number of aryl methyl sites for hydroxylation is 1. The number of nitrogens with one attached hydrogen (secondary N) is 1. The van der Waals surface area contributed by atoms with Gasteiger partial charge in [0.05, 0.1) is 5.69 Å². The predicted octanol–water partition coefficient (Wildman–Crippen LogP) is 7.18. The molecule has 0 atom stereocenters. The van der Waals surface area contributed by atoms with Crippen molar-refractivity contribution in [2.45, 2.75) is 90.5 Å². The Kier molecular flexibility index (Phi) is 6.86. The third kappa shape index (κ3) is 4.60. The third-order valence-corrected chi connectivity index (χ3v) is 9.50. The lowest BCUT2D eigenvalue weighted by molar-refractivity contribution is 0.124. The van der Waals surface area contributed by atoms with E-state index in [0.29, 0.717) is 17.9 Å². The quantitative estimate of drug-likeness (QED) is 0.306. The number of amides is 2. The largest absolute Gasteiger partial charge is 0.354 e. The minimum atomic E-state index is 0.225. The zero-order valence-electron chi connectivity index (χ0n) is 24.1. The maximum atomic E-state index is 13.2. The molecule has 4 heterocycles. The molecule has 0 bridgehead atoms. The highest BCUT2D eigenvalue weighted by Gasteiger charge is 2.30. The van der Waals surface area contributed by atoms with Crippen molar-refractivity contribution in [3.8, 4) is 11.3 Å². The lowest BCUT2D eigenvalue weighted by Crippen LogP contribution is -2.49. The van der Waals surface area contributed by atoms with Gasteiger partial charge in [-0.15, -0.1) is 0 Å². The molecule has 0 radical (unpaired) electrons. The number of piperidine rings is 1. The molecule has 206 valence electrons. The van der Waals surface area contributed by atoms with Gasteiger partial charge in [0.25, 0.3) is 0 Å². The average Bonchev–Trinajstić information content (AvgIpc) is 3.59. The molecule has 7 nitrogen and oxygen atoms in total. The van der Waals surface area contributed by atoms with Gasteiger partial charge in [0, 0.05) is 48.8 Å². The maximum Gasteiger partial charge on any atom is 0.319 e. The van der Waals surface area contributed by atoms with Crippen LogP contribution in [0.4, 0.5) is 4.79 Å². The topological polar surface area (TPSA) is 69.5 Å². The molecule has 6 rings (SSSR count). The van der Waals surface area contributed by atoms with E-state index in [1.807, 2.05) is 16.5 Å². The monoisotopic (exact) mass is 526 g/mol. The summed E-state index contributed by atoms with van der Waals surface area (Å²) in [5.74, 6) is 0.845. The van der Waals surface area contributed by atoms with E-state index in [-0.39, 0.29) is 6.03 Å². The molecule has 2 amide bonds. The van der Waals surface area contributed by atoms with Crippen LogP contribution < -0.4 is 0 Å². The van der Waals surface area contributed by atoms with Crippen molar-refractivity contribution in [3.05, 3.63) is 53.0 Å². The Bertz CT molecular complexity index is 1500. The van der Waals surface area contributed by atoms with E-state index in [1.165, 1.54) is 58.1 Å². The van der Waals surface area contributed by atoms with Crippen LogP contribution in [0, 0.1) is 13.8 Å². The fourth-order valence-electron chi connectivity index (χ4n) is 7.00. The number of urea groups is 1. The predicted molar refractivity (Wildman–Crippen MR) is 157 cm³/mol. The van der Waals surface area contributed by atoms with Gasteiger partial charge < -0.3 is 14.8 Å². The molecular weight excluding hydrogens is 484 g/mol. The van der Waals surface area contributed by atoms with Crippen LogP contribution in [0.25, 0.3) is 27.8 Å². The lowest BCUT2D eigenvalue weighted by atomic mass is 9.87. The highest BCUT2D eigenvalue weighted by molar-refractivity contribution is 5.92. The molecule has 1 saturated heterocycles. The fraction of sp³-hybridized carbons (Fsp3) is 0.531. The van der Waals surface area contributed by atoms with E-state index in [2.05, 4.69) is 72.1 Å². The molecular formula is C32H42N6O. The second kappa shape index (κ2) is 10.3. The molecule has 1 saturated carbocycles. The summed E-state index contributed by atoms with van der Waals surface area (Å²) >= 11 is 0. The van der Waals surface area contributed by atoms with Crippen LogP contribution in [0.5, 0.6) is 0 Å². The van der Waals surface area contributed by atoms with Gasteiger partial charge in [0.15, 0.2) is 5.65 Å². The fourth-order valence-corrected chi connectivity index (χ4v) is 7.00. The van der Waals surface area contributed by atoms with Crippen molar-refractivity contribution in [2.24, 2.45) is 0 Å². The number of hydrogen-bond donors (Lipinski definition) is 1. The first kappa shape index (κ1) is 25.9. The zero-order chi connectivity index (χ0) is 27.3. The summed E-state index contributed by atoms with van der Waals surface area (Å²) in [7, 11) is 2.01. The highest BCUT2D eigenvalue weighted by Crippen LogP contribution is 2.40. The van der Waals surface area contributed by atoms with Gasteiger partial charge in [-0.2, -0.15) is 5.10 Å². The van der Waals surface area contributed by atoms with Crippen molar-refractivity contribution in [1.82, 2.24) is 29.4 Å². The Morgan fingerprint density at radius 1 is 1.05 bits per heavy atom. The van der Waals surface area contributed by atoms with Gasteiger partial charge in [0.1, 0.15) is 6.33 Å². The molecule has 39 heavy (non-hydrogen) atoms. The van der Waals surface area contributed by atoms with Crippen LogP contribution in [0.3, 0.4) is 0 Å². The summed E-state index contributed by atoms with van der Waals surface area (Å²) in [5, 5.41) is 5.74.